The fourth-order valence-electron chi connectivity index (χ4n) is 2.43. The Hall–Kier alpha value is -2.55. The van der Waals surface area contributed by atoms with Crippen LogP contribution in [-0.4, -0.2) is 20.4 Å². The zero-order chi connectivity index (χ0) is 17.2. The smallest absolute Gasteiger partial charge is 0.260 e. The largest absolute Gasteiger partial charge is 0.606 e. The molecule has 0 spiro atoms. The molecule has 6 nitrogen and oxygen atoms in total. The molecule has 0 fully saturated rings. The SMILES string of the molecule is O=C1Nc2cc(SNc3cncnc3)ccc2[S+]([O-])c2ccccc21. The van der Waals surface area contributed by atoms with Gasteiger partial charge in [-0.15, -0.1) is 0 Å². The van der Waals surface area contributed by atoms with E-state index in [-0.39, 0.29) is 5.91 Å². The first kappa shape index (κ1) is 15.9. The molecule has 8 heteroatoms. The summed E-state index contributed by atoms with van der Waals surface area (Å²) in [6, 6.07) is 12.4. The first-order chi connectivity index (χ1) is 12.2. The number of rotatable bonds is 3. The van der Waals surface area contributed by atoms with Gasteiger partial charge in [0, 0.05) is 16.1 Å². The predicted octanol–water partition coefficient (Wildman–Crippen LogP) is 3.33. The lowest BCUT2D eigenvalue weighted by Crippen LogP contribution is -2.11. The minimum atomic E-state index is -1.41. The van der Waals surface area contributed by atoms with E-state index >= 15 is 0 Å². The van der Waals surface area contributed by atoms with Crippen LogP contribution in [0.15, 0.2) is 75.9 Å². The summed E-state index contributed by atoms with van der Waals surface area (Å²) in [6.07, 6.45) is 4.79. The zero-order valence-electron chi connectivity index (χ0n) is 12.8. The van der Waals surface area contributed by atoms with Crippen LogP contribution in [0.3, 0.4) is 0 Å². The minimum Gasteiger partial charge on any atom is -0.606 e. The van der Waals surface area contributed by atoms with Gasteiger partial charge in [0.05, 0.1) is 29.3 Å². The Kier molecular flexibility index (Phi) is 4.31. The van der Waals surface area contributed by atoms with Crippen molar-refractivity contribution in [2.24, 2.45) is 0 Å². The third kappa shape index (κ3) is 3.19. The summed E-state index contributed by atoms with van der Waals surface area (Å²) in [4.78, 5) is 22.3. The van der Waals surface area contributed by atoms with E-state index in [9.17, 15) is 9.35 Å². The third-order valence-electron chi connectivity index (χ3n) is 3.58. The molecule has 2 heterocycles. The molecule has 0 bridgehead atoms. The van der Waals surface area contributed by atoms with Crippen LogP contribution in [0.1, 0.15) is 10.4 Å². The van der Waals surface area contributed by atoms with Crippen molar-refractivity contribution in [3.05, 3.63) is 66.7 Å². The number of anilines is 2. The number of benzene rings is 2. The molecular formula is C17H12N4O2S2. The molecule has 1 aliphatic heterocycles. The lowest BCUT2D eigenvalue weighted by atomic mass is 10.2. The second-order valence-electron chi connectivity index (χ2n) is 5.21. The summed E-state index contributed by atoms with van der Waals surface area (Å²) in [6.45, 7) is 0. The van der Waals surface area contributed by atoms with Gasteiger partial charge < -0.3 is 14.6 Å². The van der Waals surface area contributed by atoms with Crippen LogP contribution < -0.4 is 10.0 Å². The van der Waals surface area contributed by atoms with Crippen LogP contribution in [0.2, 0.25) is 0 Å². The number of amides is 1. The molecule has 0 saturated heterocycles. The summed E-state index contributed by atoms with van der Waals surface area (Å²) >= 11 is -0.0501. The summed E-state index contributed by atoms with van der Waals surface area (Å²) in [5.41, 5.74) is 1.75. The molecule has 4 rings (SSSR count). The van der Waals surface area contributed by atoms with Crippen molar-refractivity contribution in [1.29, 1.82) is 0 Å². The average Bonchev–Trinajstić information content (AvgIpc) is 2.76. The number of carbonyl (C=O) groups is 1. The summed E-state index contributed by atoms with van der Waals surface area (Å²) < 4.78 is 16.0. The first-order valence-electron chi connectivity index (χ1n) is 7.36. The Bertz CT molecular complexity index is 937. The fourth-order valence-corrected chi connectivity index (χ4v) is 4.38. The average molecular weight is 368 g/mol. The van der Waals surface area contributed by atoms with Crippen LogP contribution in [0.4, 0.5) is 11.4 Å². The van der Waals surface area contributed by atoms with E-state index in [2.05, 4.69) is 20.0 Å². The number of nitrogens with one attached hydrogen (secondary N) is 2. The van der Waals surface area contributed by atoms with Crippen LogP contribution in [-0.2, 0) is 11.2 Å². The number of aromatic nitrogens is 2. The summed E-state index contributed by atoms with van der Waals surface area (Å²) in [5, 5.41) is 2.85. The molecule has 0 radical (unpaired) electrons. The first-order valence-corrected chi connectivity index (χ1v) is 9.33. The van der Waals surface area contributed by atoms with Gasteiger partial charge in [0.2, 0.25) is 0 Å². The van der Waals surface area contributed by atoms with Crippen molar-refractivity contribution in [2.45, 2.75) is 14.7 Å². The molecular weight excluding hydrogens is 356 g/mol. The van der Waals surface area contributed by atoms with Crippen molar-refractivity contribution in [3.8, 4) is 0 Å². The number of hydrogen-bond donors (Lipinski definition) is 2. The van der Waals surface area contributed by atoms with Crippen molar-refractivity contribution < 1.29 is 9.35 Å². The van der Waals surface area contributed by atoms with E-state index in [1.54, 1.807) is 48.8 Å². The second-order valence-corrected chi connectivity index (χ2v) is 7.51. The lowest BCUT2D eigenvalue weighted by Gasteiger charge is -2.12. The fraction of sp³-hybridized carbons (Fsp3) is 0. The summed E-state index contributed by atoms with van der Waals surface area (Å²) in [7, 11) is 0. The maximum absolute atomic E-state index is 12.8. The quantitative estimate of drug-likeness (QED) is 0.544. The highest BCUT2D eigenvalue weighted by Crippen LogP contribution is 2.35. The topological polar surface area (TPSA) is 90.0 Å². The van der Waals surface area contributed by atoms with Gasteiger partial charge in [0.25, 0.3) is 5.91 Å². The van der Waals surface area contributed by atoms with Crippen molar-refractivity contribution in [2.75, 3.05) is 10.0 Å². The molecule has 2 aromatic carbocycles. The molecule has 1 aliphatic rings. The van der Waals surface area contributed by atoms with E-state index in [4.69, 9.17) is 0 Å². The van der Waals surface area contributed by atoms with E-state index in [1.165, 1.54) is 18.3 Å². The van der Waals surface area contributed by atoms with E-state index < -0.39 is 11.2 Å². The number of carbonyl (C=O) groups excluding carboxylic acids is 1. The molecule has 1 unspecified atom stereocenters. The molecule has 124 valence electrons. The molecule has 1 amide bonds. The highest BCUT2D eigenvalue weighted by atomic mass is 32.2. The Morgan fingerprint density at radius 3 is 2.72 bits per heavy atom. The van der Waals surface area contributed by atoms with Gasteiger partial charge in [-0.25, -0.2) is 9.97 Å². The third-order valence-corrected chi connectivity index (χ3v) is 5.92. The Morgan fingerprint density at radius 1 is 1.08 bits per heavy atom. The summed E-state index contributed by atoms with van der Waals surface area (Å²) in [5.74, 6) is -0.255. The van der Waals surface area contributed by atoms with E-state index in [0.717, 1.165) is 10.6 Å². The van der Waals surface area contributed by atoms with E-state index in [0.29, 0.717) is 21.0 Å². The number of hydrogen-bond acceptors (Lipinski definition) is 6. The maximum Gasteiger partial charge on any atom is 0.260 e. The van der Waals surface area contributed by atoms with Crippen LogP contribution in [0.5, 0.6) is 0 Å². The Morgan fingerprint density at radius 2 is 1.88 bits per heavy atom. The lowest BCUT2D eigenvalue weighted by molar-refractivity contribution is 0.102. The molecule has 25 heavy (non-hydrogen) atoms. The minimum absolute atomic E-state index is 0.255. The van der Waals surface area contributed by atoms with Crippen molar-refractivity contribution >= 4 is 40.4 Å². The second kappa shape index (κ2) is 6.75. The van der Waals surface area contributed by atoms with Crippen molar-refractivity contribution in [1.82, 2.24) is 9.97 Å². The van der Waals surface area contributed by atoms with Crippen molar-refractivity contribution in [3.63, 3.8) is 0 Å². The maximum atomic E-state index is 12.8. The Labute approximate surface area is 151 Å². The highest BCUT2D eigenvalue weighted by Gasteiger charge is 2.30. The molecule has 0 aliphatic carbocycles. The van der Waals surface area contributed by atoms with Gasteiger partial charge in [0.1, 0.15) is 6.33 Å². The molecule has 0 saturated carbocycles. The standard InChI is InChI=1S/C17H12N4O2S2/c22-17-13-3-1-2-4-15(13)25(23)16-6-5-12(7-14(16)20-17)24-21-11-8-18-10-19-9-11/h1-10,21H,(H,20,22). The van der Waals surface area contributed by atoms with Gasteiger partial charge in [0.15, 0.2) is 9.79 Å². The van der Waals surface area contributed by atoms with Gasteiger partial charge in [-0.05, 0) is 42.3 Å². The van der Waals surface area contributed by atoms with Gasteiger partial charge in [-0.3, -0.25) is 4.79 Å². The monoisotopic (exact) mass is 368 g/mol. The van der Waals surface area contributed by atoms with Gasteiger partial charge in [-0.1, -0.05) is 12.1 Å². The molecule has 2 N–H and O–H groups in total. The van der Waals surface area contributed by atoms with Gasteiger partial charge in [-0.2, -0.15) is 0 Å². The number of fused-ring (bicyclic) bond motifs is 2. The van der Waals surface area contributed by atoms with E-state index in [1.807, 2.05) is 6.07 Å². The molecule has 1 aromatic heterocycles. The van der Waals surface area contributed by atoms with Crippen LogP contribution in [0.25, 0.3) is 0 Å². The number of nitrogens with zero attached hydrogens (tertiary/aromatic N) is 2. The normalized spacial score (nSPS) is 15.6. The highest BCUT2D eigenvalue weighted by molar-refractivity contribution is 8.00. The predicted molar refractivity (Wildman–Crippen MR) is 97.0 cm³/mol. The van der Waals surface area contributed by atoms with Crippen LogP contribution >= 0.6 is 11.9 Å². The zero-order valence-corrected chi connectivity index (χ0v) is 14.4. The Balaban J connectivity index is 1.63. The molecule has 1 atom stereocenters. The molecule has 3 aromatic rings. The van der Waals surface area contributed by atoms with Gasteiger partial charge >= 0.3 is 0 Å². The van der Waals surface area contributed by atoms with Crippen LogP contribution in [0, 0.1) is 0 Å².